The molecule has 1 aromatic heterocycles. The largest absolute Gasteiger partial charge is 0.497 e. The quantitative estimate of drug-likeness (QED) is 0.613. The Bertz CT molecular complexity index is 854. The van der Waals surface area contributed by atoms with Crippen LogP contribution in [0.3, 0.4) is 0 Å². The first-order valence-electron chi connectivity index (χ1n) is 8.07. The number of carbonyl (C=O) groups excluding carboxylic acids is 1. The van der Waals surface area contributed by atoms with Gasteiger partial charge in [0, 0.05) is 6.54 Å². The van der Waals surface area contributed by atoms with Gasteiger partial charge in [0.2, 0.25) is 11.1 Å². The summed E-state index contributed by atoms with van der Waals surface area (Å²) in [7, 11) is 1.62. The zero-order valence-electron chi connectivity index (χ0n) is 14.3. The Morgan fingerprint density at radius 2 is 1.96 bits per heavy atom. The number of hydrogen-bond donors (Lipinski definition) is 1. The van der Waals surface area contributed by atoms with Gasteiger partial charge in [-0.3, -0.25) is 4.79 Å². The number of nitrogens with zero attached hydrogens (tertiary/aromatic N) is 4. The Labute approximate surface area is 155 Å². The molecule has 7 nitrogen and oxygen atoms in total. The first-order chi connectivity index (χ1) is 12.7. The van der Waals surface area contributed by atoms with E-state index >= 15 is 0 Å². The number of amides is 1. The molecule has 0 unspecified atom stereocenters. The van der Waals surface area contributed by atoms with Crippen molar-refractivity contribution in [2.24, 2.45) is 0 Å². The van der Waals surface area contributed by atoms with Crippen LogP contribution in [0.1, 0.15) is 11.1 Å². The van der Waals surface area contributed by atoms with Gasteiger partial charge in [-0.15, -0.1) is 5.10 Å². The van der Waals surface area contributed by atoms with Crippen molar-refractivity contribution in [2.75, 3.05) is 12.9 Å². The van der Waals surface area contributed by atoms with E-state index in [2.05, 4.69) is 20.8 Å². The normalized spacial score (nSPS) is 10.5. The number of benzene rings is 2. The van der Waals surface area contributed by atoms with E-state index in [9.17, 15) is 4.79 Å². The van der Waals surface area contributed by atoms with Gasteiger partial charge in [-0.1, -0.05) is 54.2 Å². The van der Waals surface area contributed by atoms with Crippen LogP contribution in [-0.4, -0.2) is 39.0 Å². The fourth-order valence-corrected chi connectivity index (χ4v) is 3.03. The molecular formula is C18H19N5O2S. The van der Waals surface area contributed by atoms with Crippen molar-refractivity contribution in [3.8, 4) is 5.75 Å². The molecule has 2 aromatic carbocycles. The van der Waals surface area contributed by atoms with Gasteiger partial charge in [0.05, 0.1) is 19.4 Å². The molecule has 0 radical (unpaired) electrons. The Morgan fingerprint density at radius 1 is 1.15 bits per heavy atom. The van der Waals surface area contributed by atoms with E-state index in [1.54, 1.807) is 11.8 Å². The van der Waals surface area contributed by atoms with Crippen LogP contribution >= 0.6 is 11.8 Å². The number of aromatic nitrogens is 4. The molecule has 0 aliphatic carbocycles. The summed E-state index contributed by atoms with van der Waals surface area (Å²) in [5, 5.41) is 15.2. The molecule has 3 aromatic rings. The highest BCUT2D eigenvalue weighted by atomic mass is 32.2. The molecule has 8 heteroatoms. The number of ether oxygens (including phenoxy) is 1. The Kier molecular flexibility index (Phi) is 6.21. The highest BCUT2D eigenvalue weighted by Crippen LogP contribution is 2.15. The summed E-state index contributed by atoms with van der Waals surface area (Å²) < 4.78 is 6.87. The van der Waals surface area contributed by atoms with Crippen LogP contribution in [-0.2, 0) is 17.9 Å². The number of tetrazole rings is 1. The molecule has 1 amide bonds. The predicted molar refractivity (Wildman–Crippen MR) is 98.9 cm³/mol. The molecule has 0 fully saturated rings. The van der Waals surface area contributed by atoms with E-state index in [1.807, 2.05) is 54.6 Å². The third kappa shape index (κ3) is 5.06. The van der Waals surface area contributed by atoms with Crippen LogP contribution in [0.4, 0.5) is 0 Å². The summed E-state index contributed by atoms with van der Waals surface area (Å²) in [6.07, 6.45) is 0. The van der Waals surface area contributed by atoms with Gasteiger partial charge in [-0.2, -0.15) is 0 Å². The van der Waals surface area contributed by atoms with Crippen LogP contribution in [0, 0.1) is 0 Å². The maximum absolute atomic E-state index is 12.1. The second-order valence-corrected chi connectivity index (χ2v) is 6.46. The molecule has 0 aliphatic heterocycles. The summed E-state index contributed by atoms with van der Waals surface area (Å²) in [5.74, 6) is 0.942. The number of thioether (sulfide) groups is 1. The second-order valence-electron chi connectivity index (χ2n) is 5.52. The van der Waals surface area contributed by atoms with Crippen molar-refractivity contribution in [2.45, 2.75) is 18.2 Å². The third-order valence-corrected chi connectivity index (χ3v) is 4.59. The molecule has 0 saturated heterocycles. The Balaban J connectivity index is 1.49. The van der Waals surface area contributed by atoms with Crippen molar-refractivity contribution in [3.05, 3.63) is 65.7 Å². The van der Waals surface area contributed by atoms with E-state index in [0.29, 0.717) is 18.2 Å². The first-order valence-corrected chi connectivity index (χ1v) is 9.05. The lowest BCUT2D eigenvalue weighted by Crippen LogP contribution is -2.24. The molecule has 134 valence electrons. The van der Waals surface area contributed by atoms with Crippen molar-refractivity contribution in [3.63, 3.8) is 0 Å². The highest BCUT2D eigenvalue weighted by molar-refractivity contribution is 7.99. The number of carbonyl (C=O) groups is 1. The topological polar surface area (TPSA) is 81.9 Å². The number of nitrogens with one attached hydrogen (secondary N) is 1. The summed E-state index contributed by atoms with van der Waals surface area (Å²) in [5.41, 5.74) is 2.08. The molecule has 1 N–H and O–H groups in total. The molecule has 0 atom stereocenters. The zero-order valence-corrected chi connectivity index (χ0v) is 15.1. The van der Waals surface area contributed by atoms with Gasteiger partial charge >= 0.3 is 0 Å². The Hall–Kier alpha value is -2.87. The van der Waals surface area contributed by atoms with Gasteiger partial charge in [-0.05, 0) is 33.7 Å². The van der Waals surface area contributed by atoms with E-state index in [1.165, 1.54) is 11.8 Å². The van der Waals surface area contributed by atoms with E-state index in [-0.39, 0.29) is 11.7 Å². The van der Waals surface area contributed by atoms with E-state index in [4.69, 9.17) is 4.74 Å². The van der Waals surface area contributed by atoms with E-state index in [0.717, 1.165) is 16.9 Å². The summed E-state index contributed by atoms with van der Waals surface area (Å²) in [4.78, 5) is 12.1. The van der Waals surface area contributed by atoms with Crippen LogP contribution < -0.4 is 10.1 Å². The fraction of sp³-hybridized carbons (Fsp3) is 0.222. The highest BCUT2D eigenvalue weighted by Gasteiger charge is 2.10. The van der Waals surface area contributed by atoms with Gasteiger partial charge in [0.15, 0.2) is 0 Å². The molecular weight excluding hydrogens is 350 g/mol. The summed E-state index contributed by atoms with van der Waals surface area (Å²) in [6.45, 7) is 1.02. The predicted octanol–water partition coefficient (Wildman–Crippen LogP) is 2.14. The standard InChI is InChI=1S/C18H19N5O2S/c1-25-16-9-5-8-15(10-16)11-19-17(24)13-26-18-20-21-22-23(18)12-14-6-3-2-4-7-14/h2-10H,11-13H2,1H3,(H,19,24). The minimum absolute atomic E-state index is 0.0768. The van der Waals surface area contributed by atoms with Crippen LogP contribution in [0.25, 0.3) is 0 Å². The van der Waals surface area contributed by atoms with Gasteiger partial charge in [-0.25, -0.2) is 4.68 Å². The summed E-state index contributed by atoms with van der Waals surface area (Å²) in [6, 6.07) is 17.5. The maximum atomic E-state index is 12.1. The van der Waals surface area contributed by atoms with Crippen molar-refractivity contribution >= 4 is 17.7 Å². The molecule has 0 spiro atoms. The molecule has 3 rings (SSSR count). The molecule has 26 heavy (non-hydrogen) atoms. The molecule has 1 heterocycles. The smallest absolute Gasteiger partial charge is 0.230 e. The SMILES string of the molecule is COc1cccc(CNC(=O)CSc2nnnn2Cc2ccccc2)c1. The third-order valence-electron chi connectivity index (χ3n) is 3.63. The fourth-order valence-electron chi connectivity index (χ4n) is 2.32. The number of rotatable bonds is 8. The van der Waals surface area contributed by atoms with E-state index < -0.39 is 0 Å². The molecule has 0 bridgehead atoms. The van der Waals surface area contributed by atoms with Gasteiger partial charge < -0.3 is 10.1 Å². The minimum Gasteiger partial charge on any atom is -0.497 e. The van der Waals surface area contributed by atoms with Crippen LogP contribution in [0.15, 0.2) is 59.8 Å². The molecule has 0 aliphatic rings. The zero-order chi connectivity index (χ0) is 18.2. The lowest BCUT2D eigenvalue weighted by molar-refractivity contribution is -0.118. The first kappa shape index (κ1) is 17.9. The summed E-state index contributed by atoms with van der Waals surface area (Å²) >= 11 is 1.31. The van der Waals surface area contributed by atoms with Gasteiger partial charge in [0.1, 0.15) is 5.75 Å². The van der Waals surface area contributed by atoms with Crippen LogP contribution in [0.2, 0.25) is 0 Å². The van der Waals surface area contributed by atoms with Crippen LogP contribution in [0.5, 0.6) is 5.75 Å². The second kappa shape index (κ2) is 9.00. The van der Waals surface area contributed by atoms with Crippen molar-refractivity contribution < 1.29 is 9.53 Å². The maximum Gasteiger partial charge on any atom is 0.230 e. The average Bonchev–Trinajstić information content (AvgIpc) is 3.12. The van der Waals surface area contributed by atoms with Gasteiger partial charge in [0.25, 0.3) is 0 Å². The monoisotopic (exact) mass is 369 g/mol. The van der Waals surface area contributed by atoms with Crippen molar-refractivity contribution in [1.82, 2.24) is 25.5 Å². The lowest BCUT2D eigenvalue weighted by Gasteiger charge is -2.07. The minimum atomic E-state index is -0.0768. The number of hydrogen-bond acceptors (Lipinski definition) is 6. The lowest BCUT2D eigenvalue weighted by atomic mass is 10.2. The average molecular weight is 369 g/mol. The van der Waals surface area contributed by atoms with Crippen molar-refractivity contribution in [1.29, 1.82) is 0 Å². The number of methoxy groups -OCH3 is 1. The Morgan fingerprint density at radius 3 is 2.77 bits per heavy atom. The molecule has 0 saturated carbocycles.